The van der Waals surface area contributed by atoms with Crippen LogP contribution in [0.5, 0.6) is 11.5 Å². The van der Waals surface area contributed by atoms with Crippen molar-refractivity contribution < 1.29 is 23.9 Å². The maximum Gasteiger partial charge on any atom is 0.294 e. The molecule has 3 amide bonds. The van der Waals surface area contributed by atoms with Gasteiger partial charge in [-0.25, -0.2) is 0 Å². The van der Waals surface area contributed by atoms with Crippen molar-refractivity contribution in [3.05, 3.63) is 92.3 Å². The first kappa shape index (κ1) is 25.8. The van der Waals surface area contributed by atoms with E-state index in [1.165, 1.54) is 0 Å². The van der Waals surface area contributed by atoms with Gasteiger partial charge in [0.15, 0.2) is 0 Å². The minimum atomic E-state index is -0.523. The van der Waals surface area contributed by atoms with Crippen LogP contribution in [0.3, 0.4) is 0 Å². The molecule has 1 aliphatic heterocycles. The molecule has 1 aliphatic rings. The standard InChI is InChI=1S/C26H20BrClN2O5S/c1-34-19-9-7-18(8-10-19)29-24(31)14-30-25(32)23(36-26(30)33)13-16-6-11-22(20(27)12-16)35-15-17-4-2-3-5-21(17)28/h2-13H,14-15H2,1H3,(H,29,31)/b23-13+. The number of hydrogen-bond donors (Lipinski definition) is 1. The zero-order valence-corrected chi connectivity index (χ0v) is 22.2. The molecule has 3 aromatic rings. The lowest BCUT2D eigenvalue weighted by Gasteiger charge is -2.12. The van der Waals surface area contributed by atoms with Crippen LogP contribution in [0.15, 0.2) is 76.1 Å². The van der Waals surface area contributed by atoms with Crippen molar-refractivity contribution in [1.29, 1.82) is 0 Å². The summed E-state index contributed by atoms with van der Waals surface area (Å²) in [5.41, 5.74) is 2.09. The quantitative estimate of drug-likeness (QED) is 0.309. The van der Waals surface area contributed by atoms with Crippen molar-refractivity contribution in [3.63, 3.8) is 0 Å². The van der Waals surface area contributed by atoms with Gasteiger partial charge in [-0.1, -0.05) is 35.9 Å². The van der Waals surface area contributed by atoms with E-state index in [1.807, 2.05) is 18.2 Å². The van der Waals surface area contributed by atoms with Gasteiger partial charge in [0.2, 0.25) is 5.91 Å². The first-order chi connectivity index (χ1) is 17.3. The number of carbonyl (C=O) groups is 3. The van der Waals surface area contributed by atoms with Gasteiger partial charge in [0.05, 0.1) is 16.5 Å². The number of benzene rings is 3. The summed E-state index contributed by atoms with van der Waals surface area (Å²) in [5.74, 6) is 0.253. The average molecular weight is 588 g/mol. The van der Waals surface area contributed by atoms with E-state index in [1.54, 1.807) is 61.7 Å². The van der Waals surface area contributed by atoms with Gasteiger partial charge in [-0.2, -0.15) is 0 Å². The van der Waals surface area contributed by atoms with E-state index in [9.17, 15) is 14.4 Å². The Morgan fingerprint density at radius 3 is 2.56 bits per heavy atom. The van der Waals surface area contributed by atoms with Crippen LogP contribution in [-0.2, 0) is 16.2 Å². The number of methoxy groups -OCH3 is 1. The van der Waals surface area contributed by atoms with Gasteiger partial charge < -0.3 is 14.8 Å². The van der Waals surface area contributed by atoms with Gasteiger partial charge in [0.25, 0.3) is 11.1 Å². The van der Waals surface area contributed by atoms with Crippen molar-refractivity contribution in [2.75, 3.05) is 19.0 Å². The van der Waals surface area contributed by atoms with Crippen LogP contribution < -0.4 is 14.8 Å². The second-order valence-electron chi connectivity index (χ2n) is 7.61. The SMILES string of the molecule is COc1ccc(NC(=O)CN2C(=O)S/C(=C/c3ccc(OCc4ccccc4Cl)c(Br)c3)C2=O)cc1. The Hall–Kier alpha value is -3.27. The molecular formula is C26H20BrClN2O5S. The molecule has 1 saturated heterocycles. The zero-order valence-electron chi connectivity index (χ0n) is 19.0. The van der Waals surface area contributed by atoms with Crippen LogP contribution in [0.1, 0.15) is 11.1 Å². The zero-order chi connectivity index (χ0) is 25.7. The number of ether oxygens (including phenoxy) is 2. The summed E-state index contributed by atoms with van der Waals surface area (Å²) in [6.45, 7) is -0.0817. The molecule has 36 heavy (non-hydrogen) atoms. The van der Waals surface area contributed by atoms with Crippen LogP contribution in [-0.4, -0.2) is 35.6 Å². The lowest BCUT2D eigenvalue weighted by Crippen LogP contribution is -2.36. The molecule has 0 atom stereocenters. The van der Waals surface area contributed by atoms with Gasteiger partial charge >= 0.3 is 0 Å². The fourth-order valence-corrected chi connectivity index (χ4v) is 4.84. The summed E-state index contributed by atoms with van der Waals surface area (Å²) in [5, 5.41) is 2.79. The number of amides is 3. The van der Waals surface area contributed by atoms with Gasteiger partial charge in [0.1, 0.15) is 24.7 Å². The van der Waals surface area contributed by atoms with Crippen molar-refractivity contribution in [1.82, 2.24) is 4.90 Å². The number of hydrogen-bond acceptors (Lipinski definition) is 6. The summed E-state index contributed by atoms with van der Waals surface area (Å²) >= 11 is 10.4. The van der Waals surface area contributed by atoms with Gasteiger partial charge in [-0.05, 0) is 81.8 Å². The van der Waals surface area contributed by atoms with Crippen molar-refractivity contribution in [2.45, 2.75) is 6.61 Å². The average Bonchev–Trinajstić information content (AvgIpc) is 3.12. The largest absolute Gasteiger partial charge is 0.497 e. The Morgan fingerprint density at radius 1 is 1.11 bits per heavy atom. The Balaban J connectivity index is 1.39. The van der Waals surface area contributed by atoms with Crippen LogP contribution in [0.2, 0.25) is 5.02 Å². The predicted molar refractivity (Wildman–Crippen MR) is 144 cm³/mol. The Bertz CT molecular complexity index is 1350. The molecule has 0 aliphatic carbocycles. The highest BCUT2D eigenvalue weighted by Crippen LogP contribution is 2.34. The number of anilines is 1. The number of halogens is 2. The second-order valence-corrected chi connectivity index (χ2v) is 9.87. The number of thioether (sulfide) groups is 1. The lowest BCUT2D eigenvalue weighted by atomic mass is 10.2. The van der Waals surface area contributed by atoms with E-state index in [4.69, 9.17) is 21.1 Å². The summed E-state index contributed by atoms with van der Waals surface area (Å²) < 4.78 is 11.6. The van der Waals surface area contributed by atoms with Gasteiger partial charge in [-0.3, -0.25) is 19.3 Å². The van der Waals surface area contributed by atoms with Gasteiger partial charge in [-0.15, -0.1) is 0 Å². The van der Waals surface area contributed by atoms with E-state index < -0.39 is 17.1 Å². The minimum Gasteiger partial charge on any atom is -0.497 e. The minimum absolute atomic E-state index is 0.230. The van der Waals surface area contributed by atoms with Crippen molar-refractivity contribution in [2.24, 2.45) is 0 Å². The molecule has 4 rings (SSSR count). The third-order valence-electron chi connectivity index (χ3n) is 5.14. The smallest absolute Gasteiger partial charge is 0.294 e. The van der Waals surface area contributed by atoms with E-state index >= 15 is 0 Å². The Morgan fingerprint density at radius 2 is 1.86 bits per heavy atom. The maximum atomic E-state index is 12.8. The molecule has 10 heteroatoms. The summed E-state index contributed by atoms with van der Waals surface area (Å²) in [4.78, 5) is 38.8. The molecule has 0 aromatic heterocycles. The fraction of sp³-hybridized carbons (Fsp3) is 0.115. The number of rotatable bonds is 8. The molecule has 1 N–H and O–H groups in total. The maximum absolute atomic E-state index is 12.8. The molecular weight excluding hydrogens is 568 g/mol. The van der Waals surface area contributed by atoms with E-state index in [0.717, 1.165) is 22.2 Å². The van der Waals surface area contributed by atoms with Crippen LogP contribution in [0.4, 0.5) is 10.5 Å². The molecule has 184 valence electrons. The highest BCUT2D eigenvalue weighted by molar-refractivity contribution is 9.10. The van der Waals surface area contributed by atoms with Crippen molar-refractivity contribution in [3.8, 4) is 11.5 Å². The summed E-state index contributed by atoms with van der Waals surface area (Å²) in [6, 6.07) is 19.5. The summed E-state index contributed by atoms with van der Waals surface area (Å²) in [6.07, 6.45) is 1.61. The van der Waals surface area contributed by atoms with E-state index in [-0.39, 0.29) is 11.4 Å². The molecule has 0 unspecified atom stereocenters. The first-order valence-corrected chi connectivity index (χ1v) is 12.7. The first-order valence-electron chi connectivity index (χ1n) is 10.7. The monoisotopic (exact) mass is 586 g/mol. The van der Waals surface area contributed by atoms with Crippen LogP contribution in [0.25, 0.3) is 6.08 Å². The topological polar surface area (TPSA) is 84.9 Å². The molecule has 0 bridgehead atoms. The van der Waals surface area contributed by atoms with Crippen molar-refractivity contribution >= 4 is 68.1 Å². The number of carbonyl (C=O) groups excluding carboxylic acids is 3. The number of nitrogens with zero attached hydrogens (tertiary/aromatic N) is 1. The van der Waals surface area contributed by atoms with Crippen LogP contribution >= 0.6 is 39.3 Å². The van der Waals surface area contributed by atoms with Crippen LogP contribution in [0, 0.1) is 0 Å². The molecule has 0 saturated carbocycles. The van der Waals surface area contributed by atoms with E-state index in [2.05, 4.69) is 21.2 Å². The third kappa shape index (κ3) is 6.29. The number of nitrogens with one attached hydrogen (secondary N) is 1. The number of imide groups is 1. The molecule has 7 nitrogen and oxygen atoms in total. The highest BCUT2D eigenvalue weighted by Gasteiger charge is 2.36. The normalized spacial score (nSPS) is 14.3. The Labute approximate surface area is 225 Å². The van der Waals surface area contributed by atoms with Gasteiger partial charge in [0, 0.05) is 16.3 Å². The molecule has 0 spiro atoms. The summed E-state index contributed by atoms with van der Waals surface area (Å²) in [7, 11) is 1.55. The fourth-order valence-electron chi connectivity index (χ4n) is 3.30. The predicted octanol–water partition coefficient (Wildman–Crippen LogP) is 6.37. The molecule has 0 radical (unpaired) electrons. The molecule has 1 heterocycles. The molecule has 3 aromatic carbocycles. The highest BCUT2D eigenvalue weighted by atomic mass is 79.9. The third-order valence-corrected chi connectivity index (χ3v) is 7.04. The lowest BCUT2D eigenvalue weighted by molar-refractivity contribution is -0.127. The Kier molecular flexibility index (Phi) is 8.35. The second kappa shape index (κ2) is 11.6. The molecule has 1 fully saturated rings. The van der Waals surface area contributed by atoms with E-state index in [0.29, 0.717) is 38.9 Å².